The molecule has 0 unspecified atom stereocenters. The van der Waals surface area contributed by atoms with Crippen LogP contribution in [0.25, 0.3) is 16.8 Å². The molecule has 8 nitrogen and oxygen atoms in total. The lowest BCUT2D eigenvalue weighted by atomic mass is 10.1. The van der Waals surface area contributed by atoms with Crippen molar-refractivity contribution in [2.45, 2.75) is 24.2 Å². The number of imide groups is 1. The third-order valence-electron chi connectivity index (χ3n) is 6.29. The molecule has 0 radical (unpaired) electrons. The molecule has 190 valence electrons. The van der Waals surface area contributed by atoms with E-state index in [-0.39, 0.29) is 28.0 Å². The normalized spacial score (nSPS) is 17.6. The summed E-state index contributed by atoms with van der Waals surface area (Å²) in [6, 6.07) is 18.5. The molecule has 0 saturated carbocycles. The second kappa shape index (κ2) is 10.4. The van der Waals surface area contributed by atoms with Gasteiger partial charge in [0, 0.05) is 18.7 Å². The molecule has 37 heavy (non-hydrogen) atoms. The van der Waals surface area contributed by atoms with Crippen molar-refractivity contribution >= 4 is 55.8 Å². The fourth-order valence-corrected chi connectivity index (χ4v) is 6.14. The molecular formula is C27H24N2O6S2. The summed E-state index contributed by atoms with van der Waals surface area (Å²) in [7, 11) is -4.17. The van der Waals surface area contributed by atoms with Gasteiger partial charge in [-0.15, -0.1) is 0 Å². The summed E-state index contributed by atoms with van der Waals surface area (Å²) in [6.07, 6.45) is 4.30. The largest absolute Gasteiger partial charge is 0.378 e. The SMILES string of the molecule is O=C(CN1C(=O)S/C(=C\c2ccccc2OS(=O)(=O)c2ccc3ccccc3c2)C1=O)N1CCCCC1. The molecule has 3 aromatic rings. The fourth-order valence-electron chi connectivity index (χ4n) is 4.32. The predicted molar refractivity (Wildman–Crippen MR) is 141 cm³/mol. The fraction of sp³-hybridized carbons (Fsp3) is 0.222. The van der Waals surface area contributed by atoms with E-state index in [4.69, 9.17) is 4.18 Å². The quantitative estimate of drug-likeness (QED) is 0.334. The molecule has 0 aliphatic carbocycles. The van der Waals surface area contributed by atoms with Crippen molar-refractivity contribution < 1.29 is 27.0 Å². The highest BCUT2D eigenvalue weighted by Crippen LogP contribution is 2.35. The lowest BCUT2D eigenvalue weighted by Gasteiger charge is -2.27. The van der Waals surface area contributed by atoms with Crippen LogP contribution in [0.15, 0.2) is 76.5 Å². The first-order valence-corrected chi connectivity index (χ1v) is 14.1. The standard InChI is InChI=1S/C27H24N2O6S2/c30-25(28-14-6-1-7-15-28)18-29-26(31)24(36-27(29)32)17-21-10-4-5-11-23(21)35-37(33,34)22-13-12-19-8-2-3-9-20(19)16-22/h2-5,8-13,16-17H,1,6-7,14-15,18H2/b24-17-. The van der Waals surface area contributed by atoms with Crippen LogP contribution >= 0.6 is 11.8 Å². The van der Waals surface area contributed by atoms with Crippen molar-refractivity contribution in [3.63, 3.8) is 0 Å². The summed E-state index contributed by atoms with van der Waals surface area (Å²) >= 11 is 0.713. The number of piperidine rings is 1. The Bertz CT molecular complexity index is 1530. The molecule has 3 aromatic carbocycles. The maximum absolute atomic E-state index is 13.1. The molecule has 2 aliphatic rings. The second-order valence-electron chi connectivity index (χ2n) is 8.79. The number of fused-ring (bicyclic) bond motifs is 1. The van der Waals surface area contributed by atoms with Gasteiger partial charge < -0.3 is 9.08 Å². The maximum atomic E-state index is 13.1. The minimum Gasteiger partial charge on any atom is -0.378 e. The van der Waals surface area contributed by atoms with Crippen LogP contribution in [-0.2, 0) is 19.7 Å². The molecule has 2 aliphatic heterocycles. The molecule has 0 bridgehead atoms. The first-order chi connectivity index (χ1) is 17.8. The van der Waals surface area contributed by atoms with Gasteiger partial charge >= 0.3 is 10.1 Å². The van der Waals surface area contributed by atoms with Gasteiger partial charge in [-0.1, -0.05) is 48.5 Å². The zero-order chi connectivity index (χ0) is 26.0. The van der Waals surface area contributed by atoms with E-state index in [9.17, 15) is 22.8 Å². The van der Waals surface area contributed by atoms with Crippen molar-refractivity contribution in [1.82, 2.24) is 9.80 Å². The number of para-hydroxylation sites is 1. The van der Waals surface area contributed by atoms with Crippen molar-refractivity contribution in [1.29, 1.82) is 0 Å². The van der Waals surface area contributed by atoms with Gasteiger partial charge in [0.15, 0.2) is 0 Å². The summed E-state index contributed by atoms with van der Waals surface area (Å²) in [5.74, 6) is -0.826. The van der Waals surface area contributed by atoms with Gasteiger partial charge in [-0.3, -0.25) is 19.3 Å². The summed E-state index contributed by atoms with van der Waals surface area (Å²) in [6.45, 7) is 0.944. The van der Waals surface area contributed by atoms with Gasteiger partial charge in [-0.05, 0) is 66.1 Å². The number of amides is 3. The third-order valence-corrected chi connectivity index (χ3v) is 8.43. The van der Waals surface area contributed by atoms with Crippen LogP contribution in [0.2, 0.25) is 0 Å². The van der Waals surface area contributed by atoms with Crippen LogP contribution in [0.5, 0.6) is 5.75 Å². The van der Waals surface area contributed by atoms with Crippen LogP contribution in [0, 0.1) is 0 Å². The zero-order valence-corrected chi connectivity index (χ0v) is 21.5. The van der Waals surface area contributed by atoms with Gasteiger partial charge in [-0.25, -0.2) is 0 Å². The smallest absolute Gasteiger partial charge is 0.339 e. The number of benzene rings is 3. The van der Waals surface area contributed by atoms with E-state index in [1.807, 2.05) is 24.3 Å². The van der Waals surface area contributed by atoms with Crippen LogP contribution in [-0.4, -0.2) is 54.9 Å². The van der Waals surface area contributed by atoms with E-state index in [1.54, 1.807) is 29.2 Å². The Morgan fingerprint density at radius 3 is 2.41 bits per heavy atom. The highest BCUT2D eigenvalue weighted by Gasteiger charge is 2.37. The Morgan fingerprint density at radius 2 is 1.62 bits per heavy atom. The van der Waals surface area contributed by atoms with Gasteiger partial charge in [-0.2, -0.15) is 8.42 Å². The Kier molecular flexibility index (Phi) is 7.03. The number of thioether (sulfide) groups is 1. The van der Waals surface area contributed by atoms with Crippen LogP contribution in [0.1, 0.15) is 24.8 Å². The molecule has 0 atom stereocenters. The van der Waals surface area contributed by atoms with Gasteiger partial charge in [0.25, 0.3) is 11.1 Å². The molecule has 2 heterocycles. The topological polar surface area (TPSA) is 101 Å². The van der Waals surface area contributed by atoms with Crippen LogP contribution in [0.4, 0.5) is 4.79 Å². The second-order valence-corrected chi connectivity index (χ2v) is 11.3. The number of nitrogens with zero attached hydrogens (tertiary/aromatic N) is 2. The zero-order valence-electron chi connectivity index (χ0n) is 19.8. The maximum Gasteiger partial charge on any atom is 0.339 e. The van der Waals surface area contributed by atoms with Crippen molar-refractivity contribution in [3.05, 3.63) is 77.2 Å². The van der Waals surface area contributed by atoms with Crippen molar-refractivity contribution in [3.8, 4) is 5.75 Å². The van der Waals surface area contributed by atoms with E-state index < -0.39 is 21.3 Å². The van der Waals surface area contributed by atoms with Crippen molar-refractivity contribution in [2.75, 3.05) is 19.6 Å². The van der Waals surface area contributed by atoms with E-state index in [2.05, 4.69) is 0 Å². The average Bonchev–Trinajstić information content (AvgIpc) is 3.17. The lowest BCUT2D eigenvalue weighted by molar-refractivity contribution is -0.136. The number of likely N-dealkylation sites (tertiary alicyclic amines) is 1. The number of hydrogen-bond acceptors (Lipinski definition) is 7. The van der Waals surface area contributed by atoms with E-state index in [0.717, 1.165) is 34.9 Å². The Morgan fingerprint density at radius 1 is 0.919 bits per heavy atom. The van der Waals surface area contributed by atoms with Crippen LogP contribution in [0.3, 0.4) is 0 Å². The summed E-state index contributed by atoms with van der Waals surface area (Å²) in [5.41, 5.74) is 0.319. The molecule has 0 spiro atoms. The molecular weight excluding hydrogens is 512 g/mol. The lowest BCUT2D eigenvalue weighted by Crippen LogP contribution is -2.44. The summed E-state index contributed by atoms with van der Waals surface area (Å²) in [5, 5.41) is 1.12. The minimum atomic E-state index is -4.17. The predicted octanol–water partition coefficient (Wildman–Crippen LogP) is 4.66. The number of rotatable bonds is 6. The number of hydrogen-bond donors (Lipinski definition) is 0. The molecule has 5 rings (SSSR count). The van der Waals surface area contributed by atoms with E-state index >= 15 is 0 Å². The van der Waals surface area contributed by atoms with Gasteiger partial charge in [0.1, 0.15) is 17.2 Å². The monoisotopic (exact) mass is 536 g/mol. The van der Waals surface area contributed by atoms with E-state index in [1.165, 1.54) is 24.3 Å². The van der Waals surface area contributed by atoms with Crippen molar-refractivity contribution in [2.24, 2.45) is 0 Å². The first-order valence-electron chi connectivity index (χ1n) is 11.9. The molecule has 3 amide bonds. The summed E-state index contributed by atoms with van der Waals surface area (Å²) < 4.78 is 31.6. The highest BCUT2D eigenvalue weighted by molar-refractivity contribution is 8.18. The number of carbonyl (C=O) groups excluding carboxylic acids is 3. The molecule has 0 aromatic heterocycles. The first kappa shape index (κ1) is 25.0. The Balaban J connectivity index is 1.36. The Hall–Kier alpha value is -3.63. The third kappa shape index (κ3) is 5.40. The number of carbonyl (C=O) groups is 3. The molecule has 2 saturated heterocycles. The van der Waals surface area contributed by atoms with Gasteiger partial charge in [0.05, 0.1) is 4.91 Å². The average molecular weight is 537 g/mol. The molecule has 0 N–H and O–H groups in total. The van der Waals surface area contributed by atoms with Crippen LogP contribution < -0.4 is 4.18 Å². The minimum absolute atomic E-state index is 0.00227. The molecule has 10 heteroatoms. The van der Waals surface area contributed by atoms with E-state index in [0.29, 0.717) is 30.4 Å². The highest BCUT2D eigenvalue weighted by atomic mass is 32.2. The summed E-state index contributed by atoms with van der Waals surface area (Å²) in [4.78, 5) is 40.8. The van der Waals surface area contributed by atoms with Gasteiger partial charge in [0.2, 0.25) is 5.91 Å². The molecule has 2 fully saturated rings. The Labute approximate surface area is 219 Å².